The first-order valence-electron chi connectivity index (χ1n) is 3.05. The largest absolute Gasteiger partial charge is 0.269 e. The van der Waals surface area contributed by atoms with Gasteiger partial charge in [-0.15, -0.1) is 10.2 Å². The van der Waals surface area contributed by atoms with Gasteiger partial charge < -0.3 is 0 Å². The first-order valence-corrected chi connectivity index (χ1v) is 3.05. The zero-order valence-corrected chi connectivity index (χ0v) is 5.75. The SMILES string of the molecule is Cc1c(=O)[nH]nc2nn[nH]c12. The smallest absolute Gasteiger partial charge is 0.268 e. The Bertz CT molecular complexity index is 441. The summed E-state index contributed by atoms with van der Waals surface area (Å²) in [5, 5.41) is 15.7. The molecule has 6 nitrogen and oxygen atoms in total. The second kappa shape index (κ2) is 1.88. The molecule has 2 heterocycles. The zero-order valence-electron chi connectivity index (χ0n) is 5.75. The lowest BCUT2D eigenvalue weighted by molar-refractivity contribution is 0.943. The molecule has 6 heteroatoms. The van der Waals surface area contributed by atoms with Crippen molar-refractivity contribution in [2.45, 2.75) is 6.92 Å². The van der Waals surface area contributed by atoms with Crippen LogP contribution in [0.2, 0.25) is 0 Å². The zero-order chi connectivity index (χ0) is 7.84. The number of aryl methyl sites for hydroxylation is 1. The molecule has 0 aliphatic rings. The van der Waals surface area contributed by atoms with Crippen LogP contribution < -0.4 is 5.56 Å². The maximum atomic E-state index is 10.9. The average molecular weight is 151 g/mol. The Hall–Kier alpha value is -1.72. The molecule has 2 N–H and O–H groups in total. The summed E-state index contributed by atoms with van der Waals surface area (Å²) in [7, 11) is 0. The fourth-order valence-electron chi connectivity index (χ4n) is 0.853. The number of hydrogen-bond donors (Lipinski definition) is 2. The second-order valence-corrected chi connectivity index (χ2v) is 2.19. The summed E-state index contributed by atoms with van der Waals surface area (Å²) in [6, 6.07) is 0. The Balaban J connectivity index is 3.04. The van der Waals surface area contributed by atoms with Crippen LogP contribution in [-0.2, 0) is 0 Å². The molecule has 0 amide bonds. The van der Waals surface area contributed by atoms with Crippen molar-refractivity contribution in [3.8, 4) is 0 Å². The fraction of sp³-hybridized carbons (Fsp3) is 0.200. The lowest BCUT2D eigenvalue weighted by atomic mass is 10.3. The van der Waals surface area contributed by atoms with Crippen LogP contribution in [0.5, 0.6) is 0 Å². The molecule has 56 valence electrons. The van der Waals surface area contributed by atoms with Crippen molar-refractivity contribution in [1.82, 2.24) is 25.6 Å². The van der Waals surface area contributed by atoms with Crippen molar-refractivity contribution < 1.29 is 0 Å². The Morgan fingerprint density at radius 1 is 1.36 bits per heavy atom. The van der Waals surface area contributed by atoms with Gasteiger partial charge in [-0.05, 0) is 6.92 Å². The van der Waals surface area contributed by atoms with E-state index >= 15 is 0 Å². The summed E-state index contributed by atoms with van der Waals surface area (Å²) >= 11 is 0. The van der Waals surface area contributed by atoms with Crippen molar-refractivity contribution in [1.29, 1.82) is 0 Å². The van der Waals surface area contributed by atoms with Gasteiger partial charge in [0.15, 0.2) is 0 Å². The van der Waals surface area contributed by atoms with Crippen molar-refractivity contribution >= 4 is 11.2 Å². The monoisotopic (exact) mass is 151 g/mol. The number of hydrogen-bond acceptors (Lipinski definition) is 4. The van der Waals surface area contributed by atoms with Gasteiger partial charge in [0.25, 0.3) is 5.56 Å². The van der Waals surface area contributed by atoms with E-state index in [4.69, 9.17) is 0 Å². The van der Waals surface area contributed by atoms with Crippen LogP contribution >= 0.6 is 0 Å². The minimum absolute atomic E-state index is 0.219. The summed E-state index contributed by atoms with van der Waals surface area (Å²) in [5.74, 6) is 0. The minimum atomic E-state index is -0.219. The van der Waals surface area contributed by atoms with Crippen molar-refractivity contribution in [3.63, 3.8) is 0 Å². The number of H-pyrrole nitrogens is 2. The van der Waals surface area contributed by atoms with E-state index in [0.717, 1.165) is 0 Å². The van der Waals surface area contributed by atoms with Gasteiger partial charge in [-0.3, -0.25) is 9.89 Å². The highest BCUT2D eigenvalue weighted by atomic mass is 16.1. The van der Waals surface area contributed by atoms with E-state index < -0.39 is 0 Å². The summed E-state index contributed by atoms with van der Waals surface area (Å²) in [6.07, 6.45) is 0. The van der Waals surface area contributed by atoms with E-state index in [1.807, 2.05) is 0 Å². The standard InChI is InChI=1S/C5H5N5O/c1-2-3-4(8-10-6-3)7-9-5(2)11/h1H3,(H,9,11)(H,6,7,8,10). The third kappa shape index (κ3) is 0.721. The highest BCUT2D eigenvalue weighted by Gasteiger charge is 2.03. The van der Waals surface area contributed by atoms with Crippen LogP contribution in [0.25, 0.3) is 11.2 Å². The number of rotatable bonds is 0. The lowest BCUT2D eigenvalue weighted by Gasteiger charge is -1.88. The molecule has 0 fully saturated rings. The summed E-state index contributed by atoms with van der Waals surface area (Å²) in [5.41, 5.74) is 1.36. The Morgan fingerprint density at radius 2 is 2.18 bits per heavy atom. The molecule has 0 aliphatic carbocycles. The lowest BCUT2D eigenvalue weighted by Crippen LogP contribution is -2.11. The van der Waals surface area contributed by atoms with Crippen molar-refractivity contribution in [3.05, 3.63) is 15.9 Å². The summed E-state index contributed by atoms with van der Waals surface area (Å²) in [4.78, 5) is 10.9. The average Bonchev–Trinajstić information content (AvgIpc) is 2.45. The van der Waals surface area contributed by atoms with Crippen molar-refractivity contribution in [2.75, 3.05) is 0 Å². The molecule has 0 aromatic carbocycles. The molecular formula is C5H5N5O. The molecule has 0 saturated carbocycles. The number of fused-ring (bicyclic) bond motifs is 1. The normalized spacial score (nSPS) is 10.6. The maximum absolute atomic E-state index is 10.9. The molecule has 0 atom stereocenters. The molecule has 2 aromatic heterocycles. The number of aromatic nitrogens is 5. The van der Waals surface area contributed by atoms with E-state index in [2.05, 4.69) is 25.6 Å². The summed E-state index contributed by atoms with van der Waals surface area (Å²) < 4.78 is 0. The molecule has 0 bridgehead atoms. The van der Waals surface area contributed by atoms with Gasteiger partial charge in [-0.1, -0.05) is 5.21 Å². The quantitative estimate of drug-likeness (QED) is 0.523. The maximum Gasteiger partial charge on any atom is 0.269 e. The van der Waals surface area contributed by atoms with Gasteiger partial charge in [-0.2, -0.15) is 0 Å². The van der Waals surface area contributed by atoms with Crippen LogP contribution in [0.15, 0.2) is 4.79 Å². The number of nitrogens with zero attached hydrogens (tertiary/aromatic N) is 3. The highest BCUT2D eigenvalue weighted by Crippen LogP contribution is 2.02. The third-order valence-electron chi connectivity index (χ3n) is 1.51. The number of nitrogens with one attached hydrogen (secondary N) is 2. The van der Waals surface area contributed by atoms with Crippen LogP contribution in [0.4, 0.5) is 0 Å². The Labute approximate surface area is 60.6 Å². The van der Waals surface area contributed by atoms with Crippen LogP contribution in [-0.4, -0.2) is 25.6 Å². The summed E-state index contributed by atoms with van der Waals surface area (Å²) in [6.45, 7) is 1.68. The molecule has 11 heavy (non-hydrogen) atoms. The Morgan fingerprint density at radius 3 is 3.00 bits per heavy atom. The van der Waals surface area contributed by atoms with E-state index in [0.29, 0.717) is 16.7 Å². The van der Waals surface area contributed by atoms with E-state index in [1.54, 1.807) is 6.92 Å². The minimum Gasteiger partial charge on any atom is -0.268 e. The third-order valence-corrected chi connectivity index (χ3v) is 1.51. The predicted molar refractivity (Wildman–Crippen MR) is 37.0 cm³/mol. The Kier molecular flexibility index (Phi) is 1.03. The van der Waals surface area contributed by atoms with Crippen LogP contribution in [0.3, 0.4) is 0 Å². The first-order chi connectivity index (χ1) is 5.29. The van der Waals surface area contributed by atoms with Gasteiger partial charge in [-0.25, -0.2) is 5.10 Å². The van der Waals surface area contributed by atoms with E-state index in [1.165, 1.54) is 0 Å². The molecule has 2 aromatic rings. The fourth-order valence-corrected chi connectivity index (χ4v) is 0.853. The van der Waals surface area contributed by atoms with Gasteiger partial charge in [0.2, 0.25) is 5.65 Å². The highest BCUT2D eigenvalue weighted by molar-refractivity contribution is 5.71. The topological polar surface area (TPSA) is 87.3 Å². The van der Waals surface area contributed by atoms with Gasteiger partial charge >= 0.3 is 0 Å². The molecular weight excluding hydrogens is 146 g/mol. The van der Waals surface area contributed by atoms with Crippen LogP contribution in [0, 0.1) is 6.92 Å². The van der Waals surface area contributed by atoms with Crippen LogP contribution in [0.1, 0.15) is 5.56 Å². The molecule has 0 spiro atoms. The second-order valence-electron chi connectivity index (χ2n) is 2.19. The van der Waals surface area contributed by atoms with Gasteiger partial charge in [0.1, 0.15) is 5.52 Å². The molecule has 0 radical (unpaired) electrons. The van der Waals surface area contributed by atoms with Gasteiger partial charge in [0, 0.05) is 5.56 Å². The molecule has 0 aliphatic heterocycles. The van der Waals surface area contributed by atoms with E-state index in [9.17, 15) is 4.79 Å². The predicted octanol–water partition coefficient (Wildman–Crippen LogP) is -0.650. The van der Waals surface area contributed by atoms with Crippen molar-refractivity contribution in [2.24, 2.45) is 0 Å². The number of aromatic amines is 2. The molecule has 0 saturated heterocycles. The molecule has 2 rings (SSSR count). The van der Waals surface area contributed by atoms with E-state index in [-0.39, 0.29) is 5.56 Å². The molecule has 0 unspecified atom stereocenters. The first kappa shape index (κ1) is 6.02. The van der Waals surface area contributed by atoms with Gasteiger partial charge in [0.05, 0.1) is 0 Å².